The Morgan fingerprint density at radius 3 is 2.63 bits per heavy atom. The molecule has 0 aliphatic carbocycles. The van der Waals surface area contributed by atoms with Gasteiger partial charge in [-0.3, -0.25) is 0 Å². The van der Waals surface area contributed by atoms with E-state index in [1.165, 1.54) is 41.1 Å². The van der Waals surface area contributed by atoms with Crippen LogP contribution in [0.25, 0.3) is 21.4 Å². The van der Waals surface area contributed by atoms with Crippen LogP contribution in [0.4, 0.5) is 0 Å². The number of aromatic nitrogens is 3. The predicted molar refractivity (Wildman–Crippen MR) is 75.7 cm³/mol. The second-order valence-electron chi connectivity index (χ2n) is 3.44. The highest BCUT2D eigenvalue weighted by Gasteiger charge is 2.14. The lowest BCUT2D eigenvalue weighted by Crippen LogP contribution is -2.00. The molecule has 0 amide bonds. The predicted octanol–water partition coefficient (Wildman–Crippen LogP) is 3.18. The van der Waals surface area contributed by atoms with Crippen molar-refractivity contribution in [3.63, 3.8) is 0 Å². The van der Waals surface area contributed by atoms with Gasteiger partial charge in [0.2, 0.25) is 0 Å². The molecule has 0 saturated heterocycles. The highest BCUT2D eigenvalue weighted by atomic mass is 32.1. The van der Waals surface area contributed by atoms with Gasteiger partial charge in [0.25, 0.3) is 0 Å². The van der Waals surface area contributed by atoms with E-state index in [1.54, 1.807) is 10.9 Å². The summed E-state index contributed by atoms with van der Waals surface area (Å²) in [5.74, 6) is -0.433. The van der Waals surface area contributed by atoms with E-state index in [2.05, 4.69) is 19.7 Å². The fourth-order valence-corrected chi connectivity index (χ4v) is 3.60. The van der Waals surface area contributed by atoms with Crippen LogP contribution in [0, 0.1) is 0 Å². The lowest BCUT2D eigenvalue weighted by molar-refractivity contribution is 0.0595. The van der Waals surface area contributed by atoms with Gasteiger partial charge in [0.05, 0.1) is 12.6 Å². The van der Waals surface area contributed by atoms with Crippen LogP contribution in [0.15, 0.2) is 21.7 Å². The molecule has 0 aromatic carbocycles. The largest absolute Gasteiger partial charge is 0.464 e. The van der Waals surface area contributed by atoms with Gasteiger partial charge in [0.1, 0.15) is 21.4 Å². The SMILES string of the molecule is COC(=O)c1csc(-c2csc(-c3cscn3)n2)n1. The minimum Gasteiger partial charge on any atom is -0.464 e. The molecule has 0 aliphatic rings. The number of carbonyl (C=O) groups excluding carboxylic acids is 1. The molecule has 0 atom stereocenters. The summed E-state index contributed by atoms with van der Waals surface area (Å²) in [7, 11) is 1.34. The smallest absolute Gasteiger partial charge is 0.357 e. The minimum absolute atomic E-state index is 0.311. The molecule has 0 bridgehead atoms. The van der Waals surface area contributed by atoms with E-state index >= 15 is 0 Å². The fraction of sp³-hybridized carbons (Fsp3) is 0.0909. The highest BCUT2D eigenvalue weighted by Crippen LogP contribution is 2.30. The highest BCUT2D eigenvalue weighted by molar-refractivity contribution is 7.15. The lowest BCUT2D eigenvalue weighted by Gasteiger charge is -1.91. The summed E-state index contributed by atoms with van der Waals surface area (Å²) in [6.07, 6.45) is 0. The first-order valence-electron chi connectivity index (χ1n) is 5.16. The van der Waals surface area contributed by atoms with Crippen molar-refractivity contribution in [1.82, 2.24) is 15.0 Å². The van der Waals surface area contributed by atoms with Gasteiger partial charge in [-0.15, -0.1) is 34.0 Å². The number of hydrogen-bond donors (Lipinski definition) is 0. The Hall–Kier alpha value is -1.64. The molecule has 3 heterocycles. The normalized spacial score (nSPS) is 10.6. The number of methoxy groups -OCH3 is 1. The molecule has 0 spiro atoms. The van der Waals surface area contributed by atoms with Gasteiger partial charge in [-0.1, -0.05) is 0 Å². The van der Waals surface area contributed by atoms with Crippen LogP contribution in [0.3, 0.4) is 0 Å². The summed E-state index contributed by atoms with van der Waals surface area (Å²) in [5.41, 5.74) is 3.71. The van der Waals surface area contributed by atoms with Gasteiger partial charge in [-0.25, -0.2) is 19.7 Å². The number of ether oxygens (including phenoxy) is 1. The molecule has 0 N–H and O–H groups in total. The van der Waals surface area contributed by atoms with Gasteiger partial charge < -0.3 is 4.74 Å². The number of carbonyl (C=O) groups is 1. The summed E-state index contributed by atoms with van der Waals surface area (Å²) >= 11 is 4.41. The molecule has 19 heavy (non-hydrogen) atoms. The molecular weight excluding hydrogens is 302 g/mol. The van der Waals surface area contributed by atoms with E-state index in [1.807, 2.05) is 10.8 Å². The Morgan fingerprint density at radius 1 is 1.11 bits per heavy atom. The van der Waals surface area contributed by atoms with Gasteiger partial charge >= 0.3 is 5.97 Å². The van der Waals surface area contributed by atoms with E-state index in [9.17, 15) is 4.79 Å². The van der Waals surface area contributed by atoms with Crippen LogP contribution in [0.1, 0.15) is 10.5 Å². The van der Waals surface area contributed by atoms with Crippen molar-refractivity contribution in [3.8, 4) is 21.4 Å². The van der Waals surface area contributed by atoms with Crippen LogP contribution >= 0.6 is 34.0 Å². The molecule has 3 rings (SSSR count). The topological polar surface area (TPSA) is 65.0 Å². The molecule has 0 saturated carbocycles. The van der Waals surface area contributed by atoms with E-state index in [0.717, 1.165) is 16.4 Å². The number of rotatable bonds is 3. The number of hydrogen-bond acceptors (Lipinski definition) is 8. The fourth-order valence-electron chi connectivity index (χ4n) is 1.40. The summed E-state index contributed by atoms with van der Waals surface area (Å²) in [5, 5.41) is 7.09. The Balaban J connectivity index is 1.91. The van der Waals surface area contributed by atoms with Crippen molar-refractivity contribution in [2.75, 3.05) is 7.11 Å². The van der Waals surface area contributed by atoms with Crippen molar-refractivity contribution in [2.24, 2.45) is 0 Å². The Bertz CT molecular complexity index is 702. The molecule has 0 fully saturated rings. The number of nitrogens with zero attached hydrogens (tertiary/aromatic N) is 3. The second kappa shape index (κ2) is 5.16. The zero-order valence-corrected chi connectivity index (χ0v) is 12.1. The molecule has 0 radical (unpaired) electrons. The van der Waals surface area contributed by atoms with Crippen LogP contribution in [0.5, 0.6) is 0 Å². The van der Waals surface area contributed by atoms with Crippen LogP contribution in [-0.4, -0.2) is 28.0 Å². The van der Waals surface area contributed by atoms with Gasteiger partial charge in [-0.2, -0.15) is 0 Å². The van der Waals surface area contributed by atoms with E-state index in [4.69, 9.17) is 0 Å². The Kier molecular flexibility index (Phi) is 3.36. The first kappa shape index (κ1) is 12.4. The molecular formula is C11H7N3O2S3. The van der Waals surface area contributed by atoms with Gasteiger partial charge in [0.15, 0.2) is 5.69 Å². The third kappa shape index (κ3) is 2.42. The molecule has 3 aromatic heterocycles. The molecule has 8 heteroatoms. The monoisotopic (exact) mass is 309 g/mol. The van der Waals surface area contributed by atoms with Crippen LogP contribution in [-0.2, 0) is 4.74 Å². The van der Waals surface area contributed by atoms with Gasteiger partial charge in [0, 0.05) is 16.1 Å². The quantitative estimate of drug-likeness (QED) is 0.695. The average molecular weight is 309 g/mol. The number of thiazole rings is 3. The van der Waals surface area contributed by atoms with Crippen molar-refractivity contribution in [3.05, 3.63) is 27.3 Å². The second-order valence-corrected chi connectivity index (χ2v) is 5.88. The Labute approximate surface area is 120 Å². The van der Waals surface area contributed by atoms with Crippen molar-refractivity contribution < 1.29 is 9.53 Å². The third-order valence-corrected chi connectivity index (χ3v) is 4.59. The summed E-state index contributed by atoms with van der Waals surface area (Å²) < 4.78 is 4.63. The van der Waals surface area contributed by atoms with E-state index in [-0.39, 0.29) is 0 Å². The third-order valence-electron chi connectivity index (χ3n) is 2.27. The maximum Gasteiger partial charge on any atom is 0.357 e. The summed E-state index contributed by atoms with van der Waals surface area (Å²) in [6, 6.07) is 0. The van der Waals surface area contributed by atoms with E-state index in [0.29, 0.717) is 10.7 Å². The zero-order valence-electron chi connectivity index (χ0n) is 9.69. The molecule has 96 valence electrons. The zero-order chi connectivity index (χ0) is 13.2. The van der Waals surface area contributed by atoms with Crippen LogP contribution < -0.4 is 0 Å². The average Bonchev–Trinajstić information content (AvgIpc) is 3.14. The summed E-state index contributed by atoms with van der Waals surface area (Å²) in [4.78, 5) is 24.3. The first-order chi connectivity index (χ1) is 9.28. The van der Waals surface area contributed by atoms with Crippen molar-refractivity contribution in [2.45, 2.75) is 0 Å². The summed E-state index contributed by atoms with van der Waals surface area (Å²) in [6.45, 7) is 0. The van der Waals surface area contributed by atoms with Gasteiger partial charge in [-0.05, 0) is 0 Å². The standard InChI is InChI=1S/C11H7N3O2S3/c1-16-11(15)8-4-19-10(14-8)7-3-18-9(13-7)6-2-17-5-12-6/h2-5H,1H3. The Morgan fingerprint density at radius 2 is 1.89 bits per heavy atom. The van der Waals surface area contributed by atoms with Crippen LogP contribution in [0.2, 0.25) is 0 Å². The molecule has 5 nitrogen and oxygen atoms in total. The van der Waals surface area contributed by atoms with Crippen molar-refractivity contribution in [1.29, 1.82) is 0 Å². The molecule has 0 aliphatic heterocycles. The minimum atomic E-state index is -0.433. The maximum atomic E-state index is 11.3. The first-order valence-corrected chi connectivity index (χ1v) is 7.86. The lowest BCUT2D eigenvalue weighted by atomic mass is 10.4. The number of esters is 1. The molecule has 0 unspecified atom stereocenters. The molecule has 3 aromatic rings. The van der Waals surface area contributed by atoms with E-state index < -0.39 is 5.97 Å². The maximum absolute atomic E-state index is 11.3. The van der Waals surface area contributed by atoms with Crippen molar-refractivity contribution >= 4 is 40.0 Å².